The number of carbonyl (C=O) groups excluding carboxylic acids is 1. The van der Waals surface area contributed by atoms with E-state index >= 15 is 0 Å². The van der Waals surface area contributed by atoms with Crippen LogP contribution in [0.3, 0.4) is 0 Å². The first-order chi connectivity index (χ1) is 14.4. The Morgan fingerprint density at radius 3 is 2.63 bits per heavy atom. The molecule has 1 saturated heterocycles. The van der Waals surface area contributed by atoms with Crippen LogP contribution in [0.15, 0.2) is 47.6 Å². The van der Waals surface area contributed by atoms with Crippen molar-refractivity contribution in [1.29, 1.82) is 0 Å². The van der Waals surface area contributed by atoms with Crippen LogP contribution in [0.4, 0.5) is 0 Å². The molecule has 1 unspecified atom stereocenters. The second kappa shape index (κ2) is 9.00. The van der Waals surface area contributed by atoms with Crippen molar-refractivity contribution in [2.45, 2.75) is 36.7 Å². The highest BCUT2D eigenvalue weighted by Crippen LogP contribution is 2.34. The van der Waals surface area contributed by atoms with Gasteiger partial charge < -0.3 is 9.47 Å². The highest BCUT2D eigenvalue weighted by Gasteiger charge is 2.34. The summed E-state index contributed by atoms with van der Waals surface area (Å²) in [5.74, 6) is 1.58. The number of carbonyl (C=O) groups is 1. The average molecular weight is 461 g/mol. The van der Waals surface area contributed by atoms with Crippen LogP contribution in [0.1, 0.15) is 46.2 Å². The molecule has 1 aliphatic rings. The lowest BCUT2D eigenvalue weighted by Crippen LogP contribution is -2.31. The molecule has 1 fully saturated rings. The van der Waals surface area contributed by atoms with Gasteiger partial charge in [-0.05, 0) is 49.6 Å². The van der Waals surface area contributed by atoms with E-state index in [1.54, 1.807) is 17.8 Å². The number of rotatable bonds is 5. The van der Waals surface area contributed by atoms with Gasteiger partial charge in [0.15, 0.2) is 11.0 Å². The third-order valence-corrected chi connectivity index (χ3v) is 7.16. The van der Waals surface area contributed by atoms with Crippen molar-refractivity contribution in [3.8, 4) is 0 Å². The van der Waals surface area contributed by atoms with Gasteiger partial charge in [0.1, 0.15) is 0 Å². The van der Waals surface area contributed by atoms with Gasteiger partial charge in [0, 0.05) is 24.9 Å². The molecule has 0 radical (unpaired) electrons. The minimum atomic E-state index is -0.0596. The number of halogens is 2. The topological polar surface area (TPSA) is 51.0 Å². The lowest BCUT2D eigenvalue weighted by molar-refractivity contribution is 0.0727. The van der Waals surface area contributed by atoms with Gasteiger partial charge in [-0.25, -0.2) is 0 Å². The van der Waals surface area contributed by atoms with Crippen LogP contribution in [-0.2, 0) is 12.8 Å². The molecule has 4 rings (SSSR count). The van der Waals surface area contributed by atoms with Crippen LogP contribution >= 0.6 is 35.0 Å². The first-order valence-corrected chi connectivity index (χ1v) is 11.5. The number of likely N-dealkylation sites (tertiary alicyclic amines) is 1. The van der Waals surface area contributed by atoms with Crippen LogP contribution in [-0.4, -0.2) is 32.1 Å². The lowest BCUT2D eigenvalue weighted by Gasteiger charge is -2.24. The first kappa shape index (κ1) is 21.2. The van der Waals surface area contributed by atoms with Crippen molar-refractivity contribution in [3.63, 3.8) is 0 Å². The van der Waals surface area contributed by atoms with Crippen LogP contribution in [0, 0.1) is 6.92 Å². The molecule has 0 saturated carbocycles. The summed E-state index contributed by atoms with van der Waals surface area (Å²) in [6.07, 6.45) is 1.85. The molecular weight excluding hydrogens is 439 g/mol. The van der Waals surface area contributed by atoms with Crippen molar-refractivity contribution in [3.05, 3.63) is 75.0 Å². The zero-order valence-electron chi connectivity index (χ0n) is 16.8. The van der Waals surface area contributed by atoms with E-state index in [-0.39, 0.29) is 11.9 Å². The van der Waals surface area contributed by atoms with Gasteiger partial charge in [-0.2, -0.15) is 0 Å². The molecule has 5 nitrogen and oxygen atoms in total. The van der Waals surface area contributed by atoms with Gasteiger partial charge in [-0.3, -0.25) is 4.79 Å². The van der Waals surface area contributed by atoms with Crippen LogP contribution < -0.4 is 0 Å². The van der Waals surface area contributed by atoms with E-state index in [2.05, 4.69) is 10.2 Å². The quantitative estimate of drug-likeness (QED) is 0.458. The summed E-state index contributed by atoms with van der Waals surface area (Å²) in [5.41, 5.74) is 2.92. The van der Waals surface area contributed by atoms with Gasteiger partial charge in [-0.15, -0.1) is 10.2 Å². The monoisotopic (exact) mass is 460 g/mol. The van der Waals surface area contributed by atoms with E-state index in [1.807, 2.05) is 59.8 Å². The lowest BCUT2D eigenvalue weighted by atomic mass is 10.1. The Morgan fingerprint density at radius 2 is 1.90 bits per heavy atom. The molecule has 1 aliphatic heterocycles. The highest BCUT2D eigenvalue weighted by molar-refractivity contribution is 7.98. The van der Waals surface area contributed by atoms with Crippen molar-refractivity contribution in [2.75, 3.05) is 6.54 Å². The molecule has 1 atom stereocenters. The number of aromatic nitrogens is 3. The molecule has 2 aromatic carbocycles. The fourth-order valence-electron chi connectivity index (χ4n) is 3.66. The molecule has 1 amide bonds. The number of aryl methyl sites for hydroxylation is 1. The Hall–Kier alpha value is -2.02. The molecule has 30 heavy (non-hydrogen) atoms. The average Bonchev–Trinajstić information content (AvgIpc) is 3.35. The fraction of sp³-hybridized carbons (Fsp3) is 0.318. The van der Waals surface area contributed by atoms with Crippen LogP contribution in [0.5, 0.6) is 0 Å². The number of hydrogen-bond donors (Lipinski definition) is 0. The van der Waals surface area contributed by atoms with Crippen molar-refractivity contribution >= 4 is 40.9 Å². The zero-order valence-corrected chi connectivity index (χ0v) is 19.1. The summed E-state index contributed by atoms with van der Waals surface area (Å²) in [7, 11) is 1.96. The zero-order chi connectivity index (χ0) is 21.3. The van der Waals surface area contributed by atoms with Crippen molar-refractivity contribution in [2.24, 2.45) is 7.05 Å². The fourth-order valence-corrected chi connectivity index (χ4v) is 4.84. The van der Waals surface area contributed by atoms with Gasteiger partial charge in [0.25, 0.3) is 5.91 Å². The van der Waals surface area contributed by atoms with E-state index in [9.17, 15) is 4.79 Å². The molecule has 8 heteroatoms. The van der Waals surface area contributed by atoms with Gasteiger partial charge >= 0.3 is 0 Å². The summed E-state index contributed by atoms with van der Waals surface area (Å²) < 4.78 is 1.99. The number of nitrogens with zero attached hydrogens (tertiary/aromatic N) is 4. The molecule has 0 N–H and O–H groups in total. The maximum absolute atomic E-state index is 13.1. The third kappa shape index (κ3) is 4.36. The smallest absolute Gasteiger partial charge is 0.254 e. The molecule has 0 bridgehead atoms. The van der Waals surface area contributed by atoms with Crippen LogP contribution in [0.25, 0.3) is 0 Å². The molecular formula is C22H22Cl2N4OS. The number of thioether (sulfide) groups is 1. The summed E-state index contributed by atoms with van der Waals surface area (Å²) >= 11 is 13.7. The predicted octanol–water partition coefficient (Wildman–Crippen LogP) is 5.70. The molecule has 3 aromatic rings. The maximum Gasteiger partial charge on any atom is 0.254 e. The Labute approximate surface area is 190 Å². The second-order valence-electron chi connectivity index (χ2n) is 7.46. The Balaban J connectivity index is 1.49. The Kier molecular flexibility index (Phi) is 6.37. The Morgan fingerprint density at radius 1 is 1.13 bits per heavy atom. The highest BCUT2D eigenvalue weighted by atomic mass is 35.5. The number of benzene rings is 2. The van der Waals surface area contributed by atoms with Crippen molar-refractivity contribution < 1.29 is 4.79 Å². The summed E-state index contributed by atoms with van der Waals surface area (Å²) in [6, 6.07) is 13.3. The standard InChI is InChI=1S/C22H22Cl2N4OS/c1-14-5-8-16(9-6-14)21(29)28-11-3-4-19(28)20-25-26-22(27(20)2)30-13-15-7-10-17(23)18(24)12-15/h5-10,12,19H,3-4,11,13H2,1-2H3. The minimum absolute atomic E-state index is 0.0468. The molecule has 0 aliphatic carbocycles. The Bertz CT molecular complexity index is 1070. The van der Waals surface area contributed by atoms with E-state index < -0.39 is 0 Å². The van der Waals surface area contributed by atoms with E-state index in [0.29, 0.717) is 21.4 Å². The van der Waals surface area contributed by atoms with Crippen LogP contribution in [0.2, 0.25) is 10.0 Å². The van der Waals surface area contributed by atoms with E-state index in [0.717, 1.165) is 41.5 Å². The minimum Gasteiger partial charge on any atom is -0.328 e. The normalized spacial score (nSPS) is 16.3. The largest absolute Gasteiger partial charge is 0.328 e. The van der Waals surface area contributed by atoms with Crippen molar-refractivity contribution in [1.82, 2.24) is 19.7 Å². The van der Waals surface area contributed by atoms with Gasteiger partial charge in [-0.1, -0.05) is 58.7 Å². The summed E-state index contributed by atoms with van der Waals surface area (Å²) in [6.45, 7) is 2.75. The van der Waals surface area contributed by atoms with Gasteiger partial charge in [0.2, 0.25) is 0 Å². The third-order valence-electron chi connectivity index (χ3n) is 5.33. The van der Waals surface area contributed by atoms with Gasteiger partial charge in [0.05, 0.1) is 16.1 Å². The second-order valence-corrected chi connectivity index (χ2v) is 9.22. The summed E-state index contributed by atoms with van der Waals surface area (Å²) in [4.78, 5) is 15.0. The molecule has 1 aromatic heterocycles. The molecule has 156 valence electrons. The first-order valence-electron chi connectivity index (χ1n) is 9.77. The molecule has 2 heterocycles. The summed E-state index contributed by atoms with van der Waals surface area (Å²) in [5, 5.41) is 10.7. The number of hydrogen-bond acceptors (Lipinski definition) is 4. The van der Waals surface area contributed by atoms with E-state index in [1.165, 1.54) is 0 Å². The predicted molar refractivity (Wildman–Crippen MR) is 121 cm³/mol. The maximum atomic E-state index is 13.1. The SMILES string of the molecule is Cc1ccc(C(=O)N2CCCC2c2nnc(SCc3ccc(Cl)c(Cl)c3)n2C)cc1. The van der Waals surface area contributed by atoms with E-state index in [4.69, 9.17) is 23.2 Å². The number of amides is 1. The molecule has 0 spiro atoms.